The highest BCUT2D eigenvalue weighted by Gasteiger charge is 2.02. The normalized spacial score (nSPS) is 9.73. The first-order valence-corrected chi connectivity index (χ1v) is 3.55. The second-order valence-electron chi connectivity index (χ2n) is 2.61. The Morgan fingerprint density at radius 1 is 1.36 bits per heavy atom. The predicted molar refractivity (Wildman–Crippen MR) is 46.0 cm³/mol. The summed E-state index contributed by atoms with van der Waals surface area (Å²) in [7, 11) is 0. The number of hydrogen-bond acceptors (Lipinski definition) is 0. The molecule has 0 aliphatic carbocycles. The first-order chi connectivity index (χ1) is 5.16. The number of halogens is 1. The topological polar surface area (TPSA) is 0 Å². The van der Waals surface area contributed by atoms with E-state index in [4.69, 9.17) is 0 Å². The molecule has 1 aromatic rings. The number of hydrogen-bond donors (Lipinski definition) is 0. The molecule has 11 heavy (non-hydrogen) atoms. The molecule has 0 spiro atoms. The van der Waals surface area contributed by atoms with Gasteiger partial charge in [-0.05, 0) is 30.5 Å². The van der Waals surface area contributed by atoms with E-state index < -0.39 is 0 Å². The Morgan fingerprint density at radius 3 is 2.55 bits per heavy atom. The van der Waals surface area contributed by atoms with E-state index in [9.17, 15) is 4.39 Å². The zero-order valence-corrected chi connectivity index (χ0v) is 6.82. The lowest BCUT2D eigenvalue weighted by Gasteiger charge is -2.03. The average Bonchev–Trinajstić information content (AvgIpc) is 2.01. The van der Waals surface area contributed by atoms with E-state index >= 15 is 0 Å². The highest BCUT2D eigenvalue weighted by Crippen LogP contribution is 2.16. The molecule has 0 atom stereocenters. The van der Waals surface area contributed by atoms with E-state index in [0.29, 0.717) is 11.1 Å². The zero-order chi connectivity index (χ0) is 8.43. The Bertz CT molecular complexity index is 287. The molecular formula is C10H11F. The molecule has 0 saturated heterocycles. The van der Waals surface area contributed by atoms with Crippen LogP contribution in [-0.4, -0.2) is 0 Å². The maximum atomic E-state index is 13.1. The standard InChI is InChI=1S/C10H11F/c1-4-9-6-5-7(2)10(11)8(9)3/h4-6H,1H2,2-3H3. The summed E-state index contributed by atoms with van der Waals surface area (Å²) in [6.45, 7) is 7.12. The van der Waals surface area contributed by atoms with Crippen LogP contribution in [0.1, 0.15) is 16.7 Å². The molecule has 58 valence electrons. The molecule has 1 rings (SSSR count). The fraction of sp³-hybridized carbons (Fsp3) is 0.200. The Balaban J connectivity index is 3.36. The van der Waals surface area contributed by atoms with Crippen LogP contribution < -0.4 is 0 Å². The first-order valence-electron chi connectivity index (χ1n) is 3.55. The van der Waals surface area contributed by atoms with Gasteiger partial charge in [-0.15, -0.1) is 0 Å². The zero-order valence-electron chi connectivity index (χ0n) is 6.82. The Labute approximate surface area is 66.4 Å². The summed E-state index contributed by atoms with van der Waals surface area (Å²) in [6, 6.07) is 3.64. The minimum absolute atomic E-state index is 0.123. The SMILES string of the molecule is C=Cc1ccc(C)c(F)c1C. The summed E-state index contributed by atoms with van der Waals surface area (Å²) < 4.78 is 13.1. The first kappa shape index (κ1) is 7.99. The lowest BCUT2D eigenvalue weighted by molar-refractivity contribution is 0.609. The van der Waals surface area contributed by atoms with E-state index in [2.05, 4.69) is 6.58 Å². The van der Waals surface area contributed by atoms with Crippen molar-refractivity contribution in [3.63, 3.8) is 0 Å². The van der Waals surface area contributed by atoms with Crippen LogP contribution >= 0.6 is 0 Å². The van der Waals surface area contributed by atoms with Gasteiger partial charge in [0.25, 0.3) is 0 Å². The third kappa shape index (κ3) is 1.32. The van der Waals surface area contributed by atoms with Crippen molar-refractivity contribution in [2.45, 2.75) is 13.8 Å². The second kappa shape index (κ2) is 2.87. The Kier molecular flexibility index (Phi) is 2.08. The van der Waals surface area contributed by atoms with E-state index in [0.717, 1.165) is 5.56 Å². The summed E-state index contributed by atoms with van der Waals surface area (Å²) >= 11 is 0. The van der Waals surface area contributed by atoms with Crippen LogP contribution in [0.15, 0.2) is 18.7 Å². The highest BCUT2D eigenvalue weighted by molar-refractivity contribution is 5.52. The van der Waals surface area contributed by atoms with Crippen LogP contribution in [-0.2, 0) is 0 Å². The van der Waals surface area contributed by atoms with Gasteiger partial charge < -0.3 is 0 Å². The highest BCUT2D eigenvalue weighted by atomic mass is 19.1. The molecule has 0 aliphatic rings. The van der Waals surface area contributed by atoms with Crippen LogP contribution in [0, 0.1) is 19.7 Å². The molecule has 0 amide bonds. The van der Waals surface area contributed by atoms with Crippen molar-refractivity contribution < 1.29 is 4.39 Å². The second-order valence-corrected chi connectivity index (χ2v) is 2.61. The van der Waals surface area contributed by atoms with Gasteiger partial charge in [0.1, 0.15) is 5.82 Å². The van der Waals surface area contributed by atoms with Gasteiger partial charge in [-0.1, -0.05) is 24.8 Å². The van der Waals surface area contributed by atoms with Crippen molar-refractivity contribution in [2.75, 3.05) is 0 Å². The molecule has 0 heterocycles. The lowest BCUT2D eigenvalue weighted by Crippen LogP contribution is -1.90. The summed E-state index contributed by atoms with van der Waals surface area (Å²) in [5, 5.41) is 0. The quantitative estimate of drug-likeness (QED) is 0.577. The largest absolute Gasteiger partial charge is 0.206 e. The van der Waals surface area contributed by atoms with Gasteiger partial charge in [-0.3, -0.25) is 0 Å². The van der Waals surface area contributed by atoms with Gasteiger partial charge in [0, 0.05) is 0 Å². The predicted octanol–water partition coefficient (Wildman–Crippen LogP) is 3.09. The van der Waals surface area contributed by atoms with Crippen LogP contribution in [0.4, 0.5) is 4.39 Å². The summed E-state index contributed by atoms with van der Waals surface area (Å²) in [5.74, 6) is -0.123. The molecule has 0 unspecified atom stereocenters. The van der Waals surface area contributed by atoms with E-state index in [1.807, 2.05) is 6.07 Å². The molecule has 0 saturated carbocycles. The van der Waals surface area contributed by atoms with Crippen molar-refractivity contribution in [1.29, 1.82) is 0 Å². The minimum Gasteiger partial charge on any atom is -0.206 e. The molecule has 0 aliphatic heterocycles. The Hall–Kier alpha value is -1.11. The molecule has 0 fully saturated rings. The minimum atomic E-state index is -0.123. The van der Waals surface area contributed by atoms with Crippen molar-refractivity contribution in [1.82, 2.24) is 0 Å². The van der Waals surface area contributed by atoms with Gasteiger partial charge in [-0.25, -0.2) is 4.39 Å². The van der Waals surface area contributed by atoms with E-state index in [-0.39, 0.29) is 5.82 Å². The van der Waals surface area contributed by atoms with E-state index in [1.54, 1.807) is 26.0 Å². The molecule has 1 aromatic carbocycles. The monoisotopic (exact) mass is 150 g/mol. The van der Waals surface area contributed by atoms with Gasteiger partial charge >= 0.3 is 0 Å². The third-order valence-corrected chi connectivity index (χ3v) is 1.84. The van der Waals surface area contributed by atoms with Crippen LogP contribution in [0.2, 0.25) is 0 Å². The molecule has 0 nitrogen and oxygen atoms in total. The average molecular weight is 150 g/mol. The maximum absolute atomic E-state index is 13.1. The van der Waals surface area contributed by atoms with Gasteiger partial charge in [-0.2, -0.15) is 0 Å². The summed E-state index contributed by atoms with van der Waals surface area (Å²) in [5.41, 5.74) is 2.24. The fourth-order valence-corrected chi connectivity index (χ4v) is 1.06. The van der Waals surface area contributed by atoms with Gasteiger partial charge in [0.15, 0.2) is 0 Å². The number of benzene rings is 1. The lowest BCUT2D eigenvalue weighted by atomic mass is 10.1. The smallest absolute Gasteiger partial charge is 0.129 e. The molecule has 0 N–H and O–H groups in total. The van der Waals surface area contributed by atoms with Gasteiger partial charge in [0.05, 0.1) is 0 Å². The molecular weight excluding hydrogens is 139 g/mol. The van der Waals surface area contributed by atoms with Gasteiger partial charge in [0.2, 0.25) is 0 Å². The number of rotatable bonds is 1. The van der Waals surface area contributed by atoms with Crippen LogP contribution in [0.25, 0.3) is 6.08 Å². The van der Waals surface area contributed by atoms with Crippen LogP contribution in [0.3, 0.4) is 0 Å². The Morgan fingerprint density at radius 2 is 2.00 bits per heavy atom. The molecule has 0 aromatic heterocycles. The van der Waals surface area contributed by atoms with Crippen molar-refractivity contribution >= 4 is 6.08 Å². The fourth-order valence-electron chi connectivity index (χ4n) is 1.06. The van der Waals surface area contributed by atoms with Crippen molar-refractivity contribution in [2.24, 2.45) is 0 Å². The summed E-state index contributed by atoms with van der Waals surface area (Å²) in [4.78, 5) is 0. The number of aryl methyl sites for hydroxylation is 1. The maximum Gasteiger partial charge on any atom is 0.129 e. The van der Waals surface area contributed by atoms with Crippen molar-refractivity contribution in [3.8, 4) is 0 Å². The van der Waals surface area contributed by atoms with Crippen LogP contribution in [0.5, 0.6) is 0 Å². The summed E-state index contributed by atoms with van der Waals surface area (Å²) in [6.07, 6.45) is 1.66. The third-order valence-electron chi connectivity index (χ3n) is 1.84. The molecule has 0 radical (unpaired) electrons. The van der Waals surface area contributed by atoms with Crippen molar-refractivity contribution in [3.05, 3.63) is 41.2 Å². The van der Waals surface area contributed by atoms with E-state index in [1.165, 1.54) is 0 Å². The molecule has 1 heteroatoms. The molecule has 0 bridgehead atoms.